The van der Waals surface area contributed by atoms with Crippen LogP contribution in [0.4, 0.5) is 4.79 Å². The molecule has 1 aliphatic heterocycles. The minimum Gasteiger partial charge on any atom is -0.456 e. The van der Waals surface area contributed by atoms with E-state index in [1.165, 1.54) is 26.0 Å². The number of aliphatic hydroxyl groups excluding tert-OH is 4. The first kappa shape index (κ1) is 43.2. The van der Waals surface area contributed by atoms with E-state index in [9.17, 15) is 44.7 Å². The number of esters is 3. The van der Waals surface area contributed by atoms with Crippen molar-refractivity contribution in [1.29, 1.82) is 0 Å². The summed E-state index contributed by atoms with van der Waals surface area (Å²) in [6.07, 6.45) is -12.8. The summed E-state index contributed by atoms with van der Waals surface area (Å²) in [5.41, 5.74) is -7.58. The van der Waals surface area contributed by atoms with Crippen molar-refractivity contribution in [1.82, 2.24) is 5.32 Å². The number of fused-ring (bicyclic) bond motifs is 5. The molecule has 1 saturated heterocycles. The van der Waals surface area contributed by atoms with Crippen molar-refractivity contribution in [2.45, 2.75) is 134 Å². The minimum atomic E-state index is -2.31. The zero-order chi connectivity index (χ0) is 42.7. The second kappa shape index (κ2) is 15.3. The number of nitrogens with one attached hydrogen (secondary N) is 1. The van der Waals surface area contributed by atoms with Gasteiger partial charge in [-0.1, -0.05) is 69.3 Å². The molecular weight excluding hydrogens is 754 g/mol. The molecule has 1 amide bonds. The number of ether oxygens (including phenoxy) is 5. The number of hydrogen-bond donors (Lipinski definition) is 6. The fraction of sp³-hybridized carbons (Fsp3) is 0.581. The van der Waals surface area contributed by atoms with E-state index in [4.69, 9.17) is 23.7 Å². The largest absolute Gasteiger partial charge is 0.456 e. The molecule has 2 aromatic carbocycles. The van der Waals surface area contributed by atoms with Gasteiger partial charge in [0.1, 0.15) is 35.6 Å². The second-order valence-electron chi connectivity index (χ2n) is 17.8. The van der Waals surface area contributed by atoms with Gasteiger partial charge in [0, 0.05) is 30.6 Å². The van der Waals surface area contributed by atoms with Crippen molar-refractivity contribution >= 4 is 24.0 Å². The summed E-state index contributed by atoms with van der Waals surface area (Å²) in [6.45, 7) is 12.1. The highest BCUT2D eigenvalue weighted by atomic mass is 16.6. The molecule has 15 nitrogen and oxygen atoms in total. The zero-order valence-electron chi connectivity index (χ0n) is 34.0. The number of carbonyl (C=O) groups excluding carboxylic acids is 4. The Kier molecular flexibility index (Phi) is 11.4. The molecule has 4 aliphatic rings. The third-order valence-electron chi connectivity index (χ3n) is 12.8. The van der Waals surface area contributed by atoms with Gasteiger partial charge in [-0.15, -0.1) is 0 Å². The molecule has 6 N–H and O–H groups in total. The fourth-order valence-electron chi connectivity index (χ4n) is 9.78. The third kappa shape index (κ3) is 7.19. The SMILES string of the molecule is CC(=O)O[C@@]12CO[C@@H]1C[C@H](O)[C@@]1(C)[C@H](O)[C@H](O)C3=C(C)[C@@H](OC(=O)[C@H](O)[C@@H](NC(=O)OC(C)(C)C)c4ccccc4)C[C@@](O)([C@@H](OC(=O)c4ccccc4)[C@H]21)C3(C)C. The lowest BCUT2D eigenvalue weighted by Gasteiger charge is -2.69. The van der Waals surface area contributed by atoms with Gasteiger partial charge in [-0.25, -0.2) is 14.4 Å². The lowest BCUT2D eigenvalue weighted by Crippen LogP contribution is -2.82. The number of rotatable bonds is 8. The molecular formula is C43H55NO14. The molecule has 0 unspecified atom stereocenters. The number of amides is 1. The highest BCUT2D eigenvalue weighted by molar-refractivity contribution is 5.89. The smallest absolute Gasteiger partial charge is 0.408 e. The first-order chi connectivity index (χ1) is 27.0. The van der Waals surface area contributed by atoms with Crippen molar-refractivity contribution < 1.29 is 68.4 Å². The summed E-state index contributed by atoms with van der Waals surface area (Å²) in [7, 11) is 0. The normalized spacial score (nSPS) is 34.9. The van der Waals surface area contributed by atoms with Crippen LogP contribution >= 0.6 is 0 Å². The van der Waals surface area contributed by atoms with Crippen LogP contribution in [0.3, 0.4) is 0 Å². The van der Waals surface area contributed by atoms with E-state index in [2.05, 4.69) is 5.32 Å². The summed E-state index contributed by atoms with van der Waals surface area (Å²) < 4.78 is 29.7. The summed E-state index contributed by atoms with van der Waals surface area (Å²) in [4.78, 5) is 54.0. The standard InChI is InChI=1S/C43H55NO14/c1-22-26(55-37(51)32(48)30(24-15-11-9-12-16-24)44-38(52)58-39(3,4)5)20-43(53)35(56-36(50)25-17-13-10-14-18-25)33-41(8,34(49)31(47)29(22)40(43,6)7)27(46)19-28-42(33,21-54-28)57-23(2)45/h9-18,26-28,30-35,46-49,53H,19-21H2,1-8H3,(H,44,52)/t26-,27-,28+,30-,31+,32+,33-,34+,35-,41+,42-,43+/m0/s1. The number of aliphatic hydroxyl groups is 5. The Morgan fingerprint density at radius 1 is 0.931 bits per heavy atom. The molecule has 2 bridgehead atoms. The maximum Gasteiger partial charge on any atom is 0.408 e. The van der Waals surface area contributed by atoms with Gasteiger partial charge in [-0.2, -0.15) is 0 Å². The molecule has 3 aliphatic carbocycles. The van der Waals surface area contributed by atoms with Gasteiger partial charge in [0.15, 0.2) is 11.7 Å². The lowest BCUT2D eigenvalue weighted by atomic mass is 9.44. The molecule has 0 spiro atoms. The Labute approximate surface area is 337 Å². The minimum absolute atomic E-state index is 0.0358. The summed E-state index contributed by atoms with van der Waals surface area (Å²) in [5.74, 6) is -4.27. The first-order valence-electron chi connectivity index (χ1n) is 19.5. The number of hydrogen-bond acceptors (Lipinski definition) is 14. The van der Waals surface area contributed by atoms with Gasteiger partial charge in [-0.05, 0) is 56.5 Å². The zero-order valence-corrected chi connectivity index (χ0v) is 34.0. The van der Waals surface area contributed by atoms with Gasteiger partial charge >= 0.3 is 24.0 Å². The van der Waals surface area contributed by atoms with Crippen LogP contribution in [0.25, 0.3) is 0 Å². The molecule has 2 aromatic rings. The van der Waals surface area contributed by atoms with Crippen molar-refractivity contribution in [3.63, 3.8) is 0 Å². The van der Waals surface area contributed by atoms with Gasteiger partial charge in [0.2, 0.25) is 0 Å². The van der Waals surface area contributed by atoms with Gasteiger partial charge in [-0.3, -0.25) is 4.79 Å². The van der Waals surface area contributed by atoms with Crippen LogP contribution in [0.15, 0.2) is 71.8 Å². The molecule has 6 rings (SSSR count). The molecule has 1 heterocycles. The van der Waals surface area contributed by atoms with Crippen LogP contribution in [0.2, 0.25) is 0 Å². The van der Waals surface area contributed by atoms with Crippen LogP contribution in [-0.2, 0) is 33.3 Å². The Balaban J connectivity index is 1.48. The molecule has 2 saturated carbocycles. The van der Waals surface area contributed by atoms with E-state index in [1.54, 1.807) is 90.1 Å². The topological polar surface area (TPSA) is 228 Å². The average Bonchev–Trinajstić information content (AvgIpc) is 3.14. The van der Waals surface area contributed by atoms with Crippen molar-refractivity contribution in [2.24, 2.45) is 16.7 Å². The Bertz CT molecular complexity index is 1930. The number of carbonyl (C=O) groups is 4. The summed E-state index contributed by atoms with van der Waals surface area (Å²) in [6, 6.07) is 14.8. The number of alkyl carbamates (subject to hydrolysis) is 1. The Morgan fingerprint density at radius 2 is 1.53 bits per heavy atom. The summed E-state index contributed by atoms with van der Waals surface area (Å²) >= 11 is 0. The van der Waals surface area contributed by atoms with Crippen molar-refractivity contribution in [3.8, 4) is 0 Å². The van der Waals surface area contributed by atoms with Crippen LogP contribution in [0.1, 0.15) is 90.2 Å². The van der Waals surface area contributed by atoms with Crippen molar-refractivity contribution in [2.75, 3.05) is 6.61 Å². The quantitative estimate of drug-likeness (QED) is 0.128. The highest BCUT2D eigenvalue weighted by Crippen LogP contribution is 2.65. The van der Waals surface area contributed by atoms with E-state index >= 15 is 0 Å². The maximum atomic E-state index is 14.1. The molecule has 58 heavy (non-hydrogen) atoms. The van der Waals surface area contributed by atoms with E-state index in [0.717, 1.165) is 0 Å². The summed E-state index contributed by atoms with van der Waals surface area (Å²) in [5, 5.41) is 64.1. The predicted octanol–water partition coefficient (Wildman–Crippen LogP) is 3.05. The van der Waals surface area contributed by atoms with Crippen LogP contribution < -0.4 is 5.32 Å². The van der Waals surface area contributed by atoms with Crippen LogP contribution in [-0.4, -0.2) is 116 Å². The van der Waals surface area contributed by atoms with E-state index < -0.39 is 113 Å². The van der Waals surface area contributed by atoms with E-state index in [-0.39, 0.29) is 29.7 Å². The molecule has 0 aromatic heterocycles. The molecule has 3 fully saturated rings. The van der Waals surface area contributed by atoms with E-state index in [1.807, 2.05) is 0 Å². The average molecular weight is 810 g/mol. The fourth-order valence-corrected chi connectivity index (χ4v) is 9.78. The molecule has 15 heteroatoms. The number of benzene rings is 2. The van der Waals surface area contributed by atoms with Crippen LogP contribution in [0.5, 0.6) is 0 Å². The Hall–Kier alpha value is -4.38. The molecule has 12 atom stereocenters. The maximum absolute atomic E-state index is 14.1. The predicted molar refractivity (Wildman–Crippen MR) is 205 cm³/mol. The van der Waals surface area contributed by atoms with Gasteiger partial charge < -0.3 is 54.5 Å². The molecule has 0 radical (unpaired) electrons. The highest BCUT2D eigenvalue weighted by Gasteiger charge is 2.77. The Morgan fingerprint density at radius 3 is 2.09 bits per heavy atom. The lowest BCUT2D eigenvalue weighted by molar-refractivity contribution is -0.365. The second-order valence-corrected chi connectivity index (χ2v) is 17.8. The first-order valence-corrected chi connectivity index (χ1v) is 19.5. The van der Waals surface area contributed by atoms with Gasteiger partial charge in [0.05, 0.1) is 36.3 Å². The monoisotopic (exact) mass is 809 g/mol. The van der Waals surface area contributed by atoms with E-state index in [0.29, 0.717) is 5.56 Å². The third-order valence-corrected chi connectivity index (χ3v) is 12.8. The van der Waals surface area contributed by atoms with Crippen molar-refractivity contribution in [3.05, 3.63) is 82.9 Å². The van der Waals surface area contributed by atoms with Gasteiger partial charge in [0.25, 0.3) is 0 Å². The van der Waals surface area contributed by atoms with Crippen LogP contribution in [0, 0.1) is 16.7 Å². The molecule has 316 valence electrons.